The van der Waals surface area contributed by atoms with Gasteiger partial charge >= 0.3 is 6.18 Å². The van der Waals surface area contributed by atoms with Gasteiger partial charge in [-0.3, -0.25) is 4.79 Å². The molecule has 0 atom stereocenters. The monoisotopic (exact) mass is 495 g/mol. The van der Waals surface area contributed by atoms with Crippen LogP contribution in [0.2, 0.25) is 5.02 Å². The summed E-state index contributed by atoms with van der Waals surface area (Å²) in [5.41, 5.74) is -1.25. The molecule has 1 aliphatic carbocycles. The Morgan fingerprint density at radius 2 is 1.69 bits per heavy atom. The zero-order chi connectivity index (χ0) is 24.1. The number of alkyl halides is 3. The first-order chi connectivity index (χ1) is 14.6. The van der Waals surface area contributed by atoms with Crippen molar-refractivity contribution in [1.82, 2.24) is 5.32 Å². The molecule has 1 N–H and O–H groups in total. The topological polar surface area (TPSA) is 63.2 Å². The van der Waals surface area contributed by atoms with Crippen LogP contribution in [0.15, 0.2) is 41.3 Å². The number of carbonyl (C=O) groups is 1. The van der Waals surface area contributed by atoms with Crippen LogP contribution in [0.4, 0.5) is 22.0 Å². The number of carbonyl (C=O) groups excluding carboxylic acids is 1. The summed E-state index contributed by atoms with van der Waals surface area (Å²) in [5.74, 6) is -2.99. The second-order valence-corrected chi connectivity index (χ2v) is 11.2. The van der Waals surface area contributed by atoms with Crippen molar-refractivity contribution in [3.8, 4) is 0 Å². The van der Waals surface area contributed by atoms with Crippen molar-refractivity contribution in [1.29, 1.82) is 0 Å². The molecule has 0 unspecified atom stereocenters. The maximum atomic E-state index is 13.7. The van der Waals surface area contributed by atoms with E-state index < -0.39 is 54.7 Å². The molecule has 32 heavy (non-hydrogen) atoms. The molecular weight excluding hydrogens is 477 g/mol. The lowest BCUT2D eigenvalue weighted by Gasteiger charge is -2.45. The molecule has 11 heteroatoms. The lowest BCUT2D eigenvalue weighted by atomic mass is 9.73. The number of nitrogens with one attached hydrogen (secondary N) is 1. The minimum Gasteiger partial charge on any atom is -0.349 e. The average molecular weight is 496 g/mol. The van der Waals surface area contributed by atoms with Crippen LogP contribution in [0.25, 0.3) is 0 Å². The smallest absolute Gasteiger partial charge is 0.349 e. The van der Waals surface area contributed by atoms with Crippen molar-refractivity contribution < 1.29 is 35.2 Å². The largest absolute Gasteiger partial charge is 0.416 e. The Kier molecular flexibility index (Phi) is 6.34. The van der Waals surface area contributed by atoms with Crippen LogP contribution in [-0.4, -0.2) is 25.1 Å². The molecular formula is C21H19ClF5NO3S. The SMILES string of the molecule is CC(C)(C1CC(NC(=O)c2ccc(F)c(Cl)c2)C1)S(=O)(=O)c1cc(F)cc(C(F)(F)F)c1. The highest BCUT2D eigenvalue weighted by Crippen LogP contribution is 2.44. The Labute approximate surface area is 186 Å². The van der Waals surface area contributed by atoms with Gasteiger partial charge in [-0.1, -0.05) is 11.6 Å². The van der Waals surface area contributed by atoms with Gasteiger partial charge in [0.25, 0.3) is 5.91 Å². The minimum atomic E-state index is -4.90. The number of hydrogen-bond donors (Lipinski definition) is 1. The highest BCUT2D eigenvalue weighted by molar-refractivity contribution is 7.92. The summed E-state index contributed by atoms with van der Waals surface area (Å²) in [5, 5.41) is 2.47. The van der Waals surface area contributed by atoms with Gasteiger partial charge in [0.05, 0.1) is 20.2 Å². The first kappa shape index (κ1) is 24.4. The van der Waals surface area contributed by atoms with E-state index in [0.29, 0.717) is 12.1 Å². The van der Waals surface area contributed by atoms with Crippen molar-refractivity contribution in [2.75, 3.05) is 0 Å². The number of rotatable bonds is 5. The Morgan fingerprint density at radius 3 is 2.25 bits per heavy atom. The van der Waals surface area contributed by atoms with Crippen molar-refractivity contribution in [3.63, 3.8) is 0 Å². The van der Waals surface area contributed by atoms with E-state index in [1.54, 1.807) is 0 Å². The summed E-state index contributed by atoms with van der Waals surface area (Å²) in [6.07, 6.45) is -4.41. The highest BCUT2D eigenvalue weighted by Gasteiger charge is 2.49. The molecule has 0 bridgehead atoms. The first-order valence-electron chi connectivity index (χ1n) is 9.51. The maximum absolute atomic E-state index is 13.7. The van der Waals surface area contributed by atoms with Crippen molar-refractivity contribution in [2.45, 2.75) is 48.5 Å². The van der Waals surface area contributed by atoms with Gasteiger partial charge in [0.15, 0.2) is 9.84 Å². The molecule has 1 aliphatic rings. The Balaban J connectivity index is 1.73. The molecule has 0 aliphatic heterocycles. The van der Waals surface area contributed by atoms with Crippen molar-refractivity contribution >= 4 is 27.3 Å². The van der Waals surface area contributed by atoms with E-state index in [1.165, 1.54) is 26.0 Å². The van der Waals surface area contributed by atoms with Crippen LogP contribution in [0.1, 0.15) is 42.6 Å². The number of halogens is 6. The lowest BCUT2D eigenvalue weighted by molar-refractivity contribution is -0.137. The van der Waals surface area contributed by atoms with E-state index in [9.17, 15) is 35.2 Å². The van der Waals surface area contributed by atoms with E-state index in [0.717, 1.165) is 6.07 Å². The predicted octanol–water partition coefficient (Wildman–Crippen LogP) is 5.40. The third kappa shape index (κ3) is 4.61. The molecule has 1 fully saturated rings. The third-order valence-corrected chi connectivity index (χ3v) is 8.70. The van der Waals surface area contributed by atoms with Gasteiger partial charge < -0.3 is 5.32 Å². The highest BCUT2D eigenvalue weighted by atomic mass is 35.5. The minimum absolute atomic E-state index is 0.131. The fourth-order valence-corrected chi connectivity index (χ4v) is 5.58. The molecule has 0 radical (unpaired) electrons. The Morgan fingerprint density at radius 1 is 1.06 bits per heavy atom. The summed E-state index contributed by atoms with van der Waals surface area (Å²) in [6.45, 7) is 2.73. The molecule has 4 nitrogen and oxygen atoms in total. The quantitative estimate of drug-likeness (QED) is 0.565. The molecule has 0 heterocycles. The van der Waals surface area contributed by atoms with Gasteiger partial charge in [-0.15, -0.1) is 0 Å². The Hall–Kier alpha value is -2.20. The van der Waals surface area contributed by atoms with Crippen molar-refractivity contribution in [2.24, 2.45) is 5.92 Å². The van der Waals surface area contributed by atoms with E-state index in [-0.39, 0.29) is 35.5 Å². The first-order valence-corrected chi connectivity index (χ1v) is 11.4. The zero-order valence-corrected chi connectivity index (χ0v) is 18.5. The number of benzene rings is 2. The molecule has 0 spiro atoms. The fraction of sp³-hybridized carbons (Fsp3) is 0.381. The third-order valence-electron chi connectivity index (χ3n) is 5.84. The van der Waals surface area contributed by atoms with Gasteiger partial charge in [0.1, 0.15) is 11.6 Å². The van der Waals surface area contributed by atoms with E-state index in [1.807, 2.05) is 0 Å². The fourth-order valence-electron chi connectivity index (χ4n) is 3.61. The van der Waals surface area contributed by atoms with Crippen LogP contribution < -0.4 is 5.32 Å². The van der Waals surface area contributed by atoms with E-state index in [4.69, 9.17) is 11.6 Å². The molecule has 0 aromatic heterocycles. The van der Waals surface area contributed by atoms with Gasteiger partial charge in [-0.05, 0) is 69.0 Å². The number of hydrogen-bond acceptors (Lipinski definition) is 3. The average Bonchev–Trinajstić information content (AvgIpc) is 2.64. The van der Waals surface area contributed by atoms with Crippen LogP contribution in [0, 0.1) is 17.6 Å². The summed E-state index contributed by atoms with van der Waals surface area (Å²) in [6, 6.07) is 4.32. The molecule has 3 rings (SSSR count). The van der Waals surface area contributed by atoms with Gasteiger partial charge in [-0.25, -0.2) is 17.2 Å². The number of amides is 1. The predicted molar refractivity (Wildman–Crippen MR) is 108 cm³/mol. The van der Waals surface area contributed by atoms with Crippen LogP contribution >= 0.6 is 11.6 Å². The summed E-state index contributed by atoms with van der Waals surface area (Å²) >= 11 is 5.67. The van der Waals surface area contributed by atoms with E-state index in [2.05, 4.69) is 5.32 Å². The molecule has 1 saturated carbocycles. The standard InChI is InChI=1S/C21H19ClF5NO3S/c1-20(2,32(30,31)16-9-13(21(25,26)27)6-14(23)10-16)12-7-15(8-12)28-19(29)11-3-4-18(24)17(22)5-11/h3-6,9-10,12,15H,7-8H2,1-2H3,(H,28,29). The molecule has 1 amide bonds. The van der Waals surface area contributed by atoms with Gasteiger partial charge in [0, 0.05) is 11.6 Å². The van der Waals surface area contributed by atoms with Crippen LogP contribution in [0.3, 0.4) is 0 Å². The normalized spacial score (nSPS) is 19.4. The molecule has 0 saturated heterocycles. The summed E-state index contributed by atoms with van der Waals surface area (Å²) in [4.78, 5) is 11.5. The maximum Gasteiger partial charge on any atom is 0.416 e. The summed E-state index contributed by atoms with van der Waals surface area (Å²) in [7, 11) is -4.33. The zero-order valence-electron chi connectivity index (χ0n) is 16.9. The molecule has 2 aromatic carbocycles. The second-order valence-electron chi connectivity index (χ2n) is 8.25. The van der Waals surface area contributed by atoms with Crippen LogP contribution in [0.5, 0.6) is 0 Å². The Bertz CT molecular complexity index is 1160. The van der Waals surface area contributed by atoms with E-state index >= 15 is 0 Å². The van der Waals surface area contributed by atoms with Gasteiger partial charge in [0.2, 0.25) is 0 Å². The van der Waals surface area contributed by atoms with Crippen molar-refractivity contribution in [3.05, 3.63) is 64.2 Å². The van der Waals surface area contributed by atoms with Gasteiger partial charge in [-0.2, -0.15) is 13.2 Å². The molecule has 2 aromatic rings. The van der Waals surface area contributed by atoms with Crippen LogP contribution in [-0.2, 0) is 16.0 Å². The number of sulfone groups is 1. The molecule has 174 valence electrons. The second kappa shape index (κ2) is 8.30. The summed E-state index contributed by atoms with van der Waals surface area (Å²) < 4.78 is 90.6. The lowest BCUT2D eigenvalue weighted by Crippen LogP contribution is -2.53.